The lowest BCUT2D eigenvalue weighted by molar-refractivity contribution is 0.513. The highest BCUT2D eigenvalue weighted by atomic mass is 32.2. The summed E-state index contributed by atoms with van der Waals surface area (Å²) in [6, 6.07) is 3.34. The average molecular weight is 146 g/mol. The van der Waals surface area contributed by atoms with E-state index in [4.69, 9.17) is 8.97 Å². The summed E-state index contributed by atoms with van der Waals surface area (Å²) in [5, 5.41) is 0. The summed E-state index contributed by atoms with van der Waals surface area (Å²) in [5.74, 6) is 0.614. The Bertz CT molecular complexity index is 192. The molecule has 1 heterocycles. The van der Waals surface area contributed by atoms with Crippen LogP contribution in [-0.4, -0.2) is 8.76 Å². The van der Waals surface area contributed by atoms with E-state index >= 15 is 0 Å². The quantitative estimate of drug-likeness (QED) is 0.633. The van der Waals surface area contributed by atoms with Gasteiger partial charge in [0, 0.05) is 0 Å². The van der Waals surface area contributed by atoms with E-state index in [1.54, 1.807) is 12.1 Å². The van der Waals surface area contributed by atoms with Crippen molar-refractivity contribution >= 4 is 11.1 Å². The molecule has 1 aromatic heterocycles. The van der Waals surface area contributed by atoms with E-state index in [0.717, 1.165) is 0 Å². The van der Waals surface area contributed by atoms with E-state index in [1.165, 1.54) is 6.26 Å². The van der Waals surface area contributed by atoms with Crippen LogP contribution in [0.25, 0.3) is 0 Å². The predicted molar refractivity (Wildman–Crippen MR) is 33.2 cm³/mol. The Morgan fingerprint density at radius 3 is 3.00 bits per heavy atom. The van der Waals surface area contributed by atoms with Gasteiger partial charge in [-0.05, 0) is 12.1 Å². The molecule has 0 fully saturated rings. The third-order valence-corrected chi connectivity index (χ3v) is 1.38. The minimum Gasteiger partial charge on any atom is -0.468 e. The van der Waals surface area contributed by atoms with Gasteiger partial charge in [0.15, 0.2) is 11.1 Å². The first kappa shape index (κ1) is 6.51. The minimum absolute atomic E-state index is 0.0764. The van der Waals surface area contributed by atoms with Crippen LogP contribution >= 0.6 is 0 Å². The summed E-state index contributed by atoms with van der Waals surface area (Å²) in [6.45, 7) is 0. The molecule has 0 spiro atoms. The lowest BCUT2D eigenvalue weighted by atomic mass is 10.5. The molecule has 50 valence electrons. The lowest BCUT2D eigenvalue weighted by Gasteiger charge is -1.86. The largest absolute Gasteiger partial charge is 0.468 e. The maximum absolute atomic E-state index is 10.1. The van der Waals surface area contributed by atoms with Crippen LogP contribution in [0, 0.1) is 0 Å². The van der Waals surface area contributed by atoms with Gasteiger partial charge in [-0.1, -0.05) is 0 Å². The Labute approximate surface area is 55.0 Å². The molecule has 3 nitrogen and oxygen atoms in total. The van der Waals surface area contributed by atoms with Gasteiger partial charge >= 0.3 is 0 Å². The Morgan fingerprint density at radius 1 is 1.78 bits per heavy atom. The molecule has 1 atom stereocenters. The van der Waals surface area contributed by atoms with E-state index < -0.39 is 11.1 Å². The van der Waals surface area contributed by atoms with Crippen LogP contribution in [-0.2, 0) is 16.8 Å². The molecule has 0 aliphatic carbocycles. The van der Waals surface area contributed by atoms with Crippen LogP contribution in [0.1, 0.15) is 5.76 Å². The molecule has 0 saturated carbocycles. The predicted octanol–water partition coefficient (Wildman–Crippen LogP) is 1.00. The number of hydrogen-bond donors (Lipinski definition) is 1. The van der Waals surface area contributed by atoms with Gasteiger partial charge < -0.3 is 8.97 Å². The highest BCUT2D eigenvalue weighted by Gasteiger charge is 1.97. The zero-order chi connectivity index (χ0) is 6.69. The second kappa shape index (κ2) is 2.80. The number of hydrogen-bond acceptors (Lipinski definition) is 2. The molecule has 0 aromatic carbocycles. The van der Waals surface area contributed by atoms with Crippen LogP contribution in [0.15, 0.2) is 22.8 Å². The van der Waals surface area contributed by atoms with Crippen molar-refractivity contribution in [3.63, 3.8) is 0 Å². The fourth-order valence-electron chi connectivity index (χ4n) is 0.516. The van der Waals surface area contributed by atoms with Gasteiger partial charge in [0.05, 0.1) is 6.26 Å². The SMILES string of the molecule is O=S(O)Cc1ccco1. The van der Waals surface area contributed by atoms with Crippen LogP contribution in [0.2, 0.25) is 0 Å². The Balaban J connectivity index is 2.58. The molecule has 0 saturated heterocycles. The van der Waals surface area contributed by atoms with Crippen LogP contribution in [0.5, 0.6) is 0 Å². The first-order valence-corrected chi connectivity index (χ1v) is 3.66. The van der Waals surface area contributed by atoms with E-state index in [-0.39, 0.29) is 5.75 Å². The highest BCUT2D eigenvalue weighted by Crippen LogP contribution is 2.01. The van der Waals surface area contributed by atoms with Crippen molar-refractivity contribution in [1.29, 1.82) is 0 Å². The second-order valence-electron chi connectivity index (χ2n) is 1.55. The molecule has 9 heavy (non-hydrogen) atoms. The van der Waals surface area contributed by atoms with Gasteiger partial charge in [-0.2, -0.15) is 0 Å². The van der Waals surface area contributed by atoms with Gasteiger partial charge in [-0.25, -0.2) is 4.21 Å². The fraction of sp³-hybridized carbons (Fsp3) is 0.200. The zero-order valence-corrected chi connectivity index (χ0v) is 5.43. The minimum atomic E-state index is -1.79. The monoisotopic (exact) mass is 146 g/mol. The standard InChI is InChI=1S/C5H6O3S/c6-9(7)4-5-2-1-3-8-5/h1-3H,4H2,(H,6,7). The van der Waals surface area contributed by atoms with Gasteiger partial charge in [0.25, 0.3) is 0 Å². The molecule has 1 unspecified atom stereocenters. The first-order valence-electron chi connectivity index (χ1n) is 2.39. The molecule has 0 bridgehead atoms. The van der Waals surface area contributed by atoms with Crippen molar-refractivity contribution in [2.45, 2.75) is 5.75 Å². The molecule has 4 heteroatoms. The third kappa shape index (κ3) is 1.99. The van der Waals surface area contributed by atoms with Crippen molar-refractivity contribution in [2.75, 3.05) is 0 Å². The Morgan fingerprint density at radius 2 is 2.56 bits per heavy atom. The third-order valence-electron chi connectivity index (χ3n) is 0.846. The van der Waals surface area contributed by atoms with E-state index in [0.29, 0.717) is 5.76 Å². The van der Waals surface area contributed by atoms with Crippen LogP contribution < -0.4 is 0 Å². The summed E-state index contributed by atoms with van der Waals surface area (Å²) < 4.78 is 23.2. The lowest BCUT2D eigenvalue weighted by Crippen LogP contribution is -1.89. The van der Waals surface area contributed by atoms with Gasteiger partial charge in [0.2, 0.25) is 0 Å². The molecule has 0 radical (unpaired) electrons. The van der Waals surface area contributed by atoms with E-state index in [9.17, 15) is 4.21 Å². The summed E-state index contributed by atoms with van der Waals surface area (Å²) in [4.78, 5) is 0. The van der Waals surface area contributed by atoms with Crippen molar-refractivity contribution in [2.24, 2.45) is 0 Å². The zero-order valence-electron chi connectivity index (χ0n) is 4.61. The molecule has 0 amide bonds. The van der Waals surface area contributed by atoms with Crippen LogP contribution in [0.3, 0.4) is 0 Å². The number of furan rings is 1. The summed E-state index contributed by atoms with van der Waals surface area (Å²) >= 11 is -1.79. The normalized spacial score (nSPS) is 13.4. The maximum atomic E-state index is 10.1. The van der Waals surface area contributed by atoms with Crippen molar-refractivity contribution < 1.29 is 13.2 Å². The molecule has 0 aliphatic heterocycles. The van der Waals surface area contributed by atoms with E-state index in [2.05, 4.69) is 0 Å². The van der Waals surface area contributed by atoms with Crippen molar-refractivity contribution in [1.82, 2.24) is 0 Å². The molecule has 0 aliphatic rings. The average Bonchev–Trinajstić information content (AvgIpc) is 2.15. The molecular weight excluding hydrogens is 140 g/mol. The Hall–Kier alpha value is -0.610. The molecule has 1 N–H and O–H groups in total. The second-order valence-corrected chi connectivity index (χ2v) is 2.48. The van der Waals surface area contributed by atoms with Gasteiger partial charge in [0.1, 0.15) is 11.5 Å². The molecule has 1 rings (SSSR count). The summed E-state index contributed by atoms with van der Waals surface area (Å²) in [7, 11) is 0. The Kier molecular flexibility index (Phi) is 2.02. The fourth-order valence-corrected chi connectivity index (χ4v) is 0.924. The molecular formula is C5H6O3S. The van der Waals surface area contributed by atoms with Gasteiger partial charge in [-0.15, -0.1) is 0 Å². The van der Waals surface area contributed by atoms with Crippen molar-refractivity contribution in [3.05, 3.63) is 24.2 Å². The number of rotatable bonds is 2. The highest BCUT2D eigenvalue weighted by molar-refractivity contribution is 7.78. The summed E-state index contributed by atoms with van der Waals surface area (Å²) in [5.41, 5.74) is 0. The first-order chi connectivity index (χ1) is 4.29. The smallest absolute Gasteiger partial charge is 0.160 e. The molecule has 1 aromatic rings. The van der Waals surface area contributed by atoms with E-state index in [1.807, 2.05) is 0 Å². The van der Waals surface area contributed by atoms with Gasteiger partial charge in [-0.3, -0.25) is 0 Å². The summed E-state index contributed by atoms with van der Waals surface area (Å²) in [6.07, 6.45) is 1.47. The van der Waals surface area contributed by atoms with Crippen LogP contribution in [0.4, 0.5) is 0 Å². The topological polar surface area (TPSA) is 50.4 Å². The van der Waals surface area contributed by atoms with Crippen molar-refractivity contribution in [3.8, 4) is 0 Å². The maximum Gasteiger partial charge on any atom is 0.160 e.